The summed E-state index contributed by atoms with van der Waals surface area (Å²) in [5.74, 6) is -0.810. The Bertz CT molecular complexity index is 1170. The van der Waals surface area contributed by atoms with Gasteiger partial charge in [-0.25, -0.2) is 4.79 Å². The lowest BCUT2D eigenvalue weighted by atomic mass is 10.0. The maximum absolute atomic E-state index is 12.5. The van der Waals surface area contributed by atoms with Crippen LogP contribution in [0.4, 0.5) is 5.00 Å². The number of rotatable bonds is 6. The van der Waals surface area contributed by atoms with Crippen LogP contribution in [0.1, 0.15) is 15.2 Å². The van der Waals surface area contributed by atoms with Crippen molar-refractivity contribution in [3.63, 3.8) is 0 Å². The van der Waals surface area contributed by atoms with Crippen molar-refractivity contribution in [1.29, 1.82) is 0 Å². The summed E-state index contributed by atoms with van der Waals surface area (Å²) in [5, 5.41) is 4.09. The number of anilines is 1. The van der Waals surface area contributed by atoms with Gasteiger partial charge in [0, 0.05) is 10.4 Å². The summed E-state index contributed by atoms with van der Waals surface area (Å²) in [6, 6.07) is 14.4. The first-order valence-corrected chi connectivity index (χ1v) is 11.5. The molecule has 0 spiro atoms. The second-order valence-corrected chi connectivity index (χ2v) is 9.01. The molecule has 33 heavy (non-hydrogen) atoms. The molecule has 0 aliphatic rings. The highest BCUT2D eigenvalue weighted by molar-refractivity contribution is 7.80. The quantitative estimate of drug-likeness (QED) is 0.232. The summed E-state index contributed by atoms with van der Waals surface area (Å²) in [5.41, 5.74) is 6.98. The number of esters is 1. The van der Waals surface area contributed by atoms with Gasteiger partial charge in [-0.3, -0.25) is 15.6 Å². The van der Waals surface area contributed by atoms with Gasteiger partial charge < -0.3 is 14.8 Å². The van der Waals surface area contributed by atoms with Crippen LogP contribution >= 0.6 is 46.8 Å². The van der Waals surface area contributed by atoms with Crippen LogP contribution in [0.15, 0.2) is 48.5 Å². The summed E-state index contributed by atoms with van der Waals surface area (Å²) in [7, 11) is 1.32. The van der Waals surface area contributed by atoms with Crippen LogP contribution in [0.3, 0.4) is 0 Å². The minimum Gasteiger partial charge on any atom is -0.481 e. The molecule has 1 amide bonds. The van der Waals surface area contributed by atoms with Gasteiger partial charge in [0.05, 0.1) is 17.2 Å². The molecule has 0 unspecified atom stereocenters. The monoisotopic (exact) mass is 523 g/mol. The number of hydrazine groups is 1. The predicted molar refractivity (Wildman–Crippen MR) is 135 cm³/mol. The molecule has 2 aromatic carbocycles. The fraction of sp³-hybridized carbons (Fsp3) is 0.136. The Morgan fingerprint density at radius 3 is 2.33 bits per heavy atom. The molecule has 0 fully saturated rings. The highest BCUT2D eigenvalue weighted by Crippen LogP contribution is 2.40. The van der Waals surface area contributed by atoms with E-state index in [4.69, 9.17) is 44.9 Å². The Labute approximate surface area is 210 Å². The number of thiocarbonyl (C=S) groups is 1. The van der Waals surface area contributed by atoms with Gasteiger partial charge >= 0.3 is 5.97 Å². The van der Waals surface area contributed by atoms with Crippen molar-refractivity contribution >= 4 is 68.7 Å². The molecule has 0 aliphatic carbocycles. The number of aryl methyl sites for hydroxylation is 1. The highest BCUT2D eigenvalue weighted by atomic mass is 35.5. The third-order valence-electron chi connectivity index (χ3n) is 4.35. The third kappa shape index (κ3) is 6.14. The number of hydrogen-bond donors (Lipinski definition) is 3. The Kier molecular flexibility index (Phi) is 8.51. The smallest absolute Gasteiger partial charge is 0.341 e. The zero-order valence-corrected chi connectivity index (χ0v) is 20.7. The Morgan fingerprint density at radius 2 is 1.70 bits per heavy atom. The zero-order valence-electron chi connectivity index (χ0n) is 17.5. The van der Waals surface area contributed by atoms with Crippen LogP contribution in [0.2, 0.25) is 10.0 Å². The first-order valence-electron chi connectivity index (χ1n) is 9.51. The third-order valence-corrected chi connectivity index (χ3v) is 6.17. The number of thiophene rings is 1. The SMILES string of the molecule is COC(=O)c1c(NC(=S)NNC(=O)COc2c(Cl)cccc2Cl)sc(C)c1-c1ccccc1. The van der Waals surface area contributed by atoms with Gasteiger partial charge in [-0.05, 0) is 36.8 Å². The average molecular weight is 524 g/mol. The number of methoxy groups -OCH3 is 1. The summed E-state index contributed by atoms with van der Waals surface area (Å²) >= 11 is 18.6. The van der Waals surface area contributed by atoms with Crippen LogP contribution in [-0.4, -0.2) is 30.7 Å². The van der Waals surface area contributed by atoms with Crippen molar-refractivity contribution in [2.75, 3.05) is 19.0 Å². The molecule has 3 N–H and O–H groups in total. The molecule has 11 heteroatoms. The molecule has 3 rings (SSSR count). The van der Waals surface area contributed by atoms with Gasteiger partial charge in [-0.1, -0.05) is 59.6 Å². The van der Waals surface area contributed by atoms with E-state index in [2.05, 4.69) is 16.2 Å². The van der Waals surface area contributed by atoms with E-state index < -0.39 is 11.9 Å². The van der Waals surface area contributed by atoms with E-state index in [1.165, 1.54) is 18.4 Å². The van der Waals surface area contributed by atoms with Crippen LogP contribution in [-0.2, 0) is 9.53 Å². The van der Waals surface area contributed by atoms with Gasteiger partial charge in [0.1, 0.15) is 10.6 Å². The summed E-state index contributed by atoms with van der Waals surface area (Å²) in [4.78, 5) is 25.6. The van der Waals surface area contributed by atoms with Gasteiger partial charge in [0.2, 0.25) is 0 Å². The van der Waals surface area contributed by atoms with E-state index in [1.54, 1.807) is 18.2 Å². The second kappa shape index (κ2) is 11.3. The lowest BCUT2D eigenvalue weighted by Crippen LogP contribution is -2.45. The van der Waals surface area contributed by atoms with Crippen LogP contribution in [0, 0.1) is 6.92 Å². The molecule has 0 saturated carbocycles. The molecule has 172 valence electrons. The van der Waals surface area contributed by atoms with Gasteiger partial charge in [0.25, 0.3) is 5.91 Å². The Hall–Kier alpha value is -2.85. The van der Waals surface area contributed by atoms with E-state index in [-0.39, 0.29) is 27.5 Å². The number of amides is 1. The van der Waals surface area contributed by atoms with Crippen LogP contribution < -0.4 is 20.9 Å². The summed E-state index contributed by atoms with van der Waals surface area (Å²) in [6.07, 6.45) is 0. The van der Waals surface area contributed by atoms with Crippen molar-refractivity contribution in [3.8, 4) is 16.9 Å². The van der Waals surface area contributed by atoms with Crippen molar-refractivity contribution < 1.29 is 19.1 Å². The maximum Gasteiger partial charge on any atom is 0.341 e. The van der Waals surface area contributed by atoms with Crippen molar-refractivity contribution in [2.45, 2.75) is 6.92 Å². The van der Waals surface area contributed by atoms with Crippen LogP contribution in [0.5, 0.6) is 5.75 Å². The average Bonchev–Trinajstić information content (AvgIpc) is 3.12. The number of nitrogens with one attached hydrogen (secondary N) is 3. The fourth-order valence-corrected chi connectivity index (χ4v) is 4.73. The van der Waals surface area contributed by atoms with E-state index in [1.807, 2.05) is 37.3 Å². The number of ether oxygens (including phenoxy) is 2. The van der Waals surface area contributed by atoms with Crippen molar-refractivity contribution in [2.24, 2.45) is 0 Å². The first kappa shape index (κ1) is 24.8. The van der Waals surface area contributed by atoms with Crippen molar-refractivity contribution in [3.05, 3.63) is 69.0 Å². The number of hydrogen-bond acceptors (Lipinski definition) is 6. The van der Waals surface area contributed by atoms with Gasteiger partial charge in [-0.2, -0.15) is 0 Å². The molecule has 0 saturated heterocycles. The molecule has 1 heterocycles. The molecular weight excluding hydrogens is 505 g/mol. The molecule has 3 aromatic rings. The number of benzene rings is 2. The Morgan fingerprint density at radius 1 is 1.03 bits per heavy atom. The number of carbonyl (C=O) groups is 2. The van der Waals surface area contributed by atoms with E-state index >= 15 is 0 Å². The van der Waals surface area contributed by atoms with E-state index in [0.29, 0.717) is 10.6 Å². The molecule has 0 radical (unpaired) electrons. The standard InChI is InChI=1S/C22H19Cl2N3O4S2/c1-12-17(13-7-4-3-5-8-13)18(21(29)30-2)20(33-12)25-22(32)27-26-16(28)11-31-19-14(23)9-6-10-15(19)24/h3-10H,11H2,1-2H3,(H,26,28)(H2,25,27,32). The highest BCUT2D eigenvalue weighted by Gasteiger charge is 2.24. The number of para-hydroxylation sites is 1. The van der Waals surface area contributed by atoms with E-state index in [9.17, 15) is 9.59 Å². The summed E-state index contributed by atoms with van der Waals surface area (Å²) < 4.78 is 10.4. The fourth-order valence-electron chi connectivity index (χ4n) is 2.94. The maximum atomic E-state index is 12.5. The minimum absolute atomic E-state index is 0.0742. The second-order valence-electron chi connectivity index (χ2n) is 6.56. The molecule has 0 atom stereocenters. The molecule has 7 nitrogen and oxygen atoms in total. The number of halogens is 2. The van der Waals surface area contributed by atoms with E-state index in [0.717, 1.165) is 16.0 Å². The number of carbonyl (C=O) groups excluding carboxylic acids is 2. The molecule has 0 aliphatic heterocycles. The molecular formula is C22H19Cl2N3O4S2. The minimum atomic E-state index is -0.518. The first-order chi connectivity index (χ1) is 15.8. The Balaban J connectivity index is 1.65. The zero-order chi connectivity index (χ0) is 24.0. The van der Waals surface area contributed by atoms with Gasteiger partial charge in [-0.15, -0.1) is 11.3 Å². The lowest BCUT2D eigenvalue weighted by molar-refractivity contribution is -0.123. The van der Waals surface area contributed by atoms with Gasteiger partial charge in [0.15, 0.2) is 17.5 Å². The lowest BCUT2D eigenvalue weighted by Gasteiger charge is -2.13. The topological polar surface area (TPSA) is 88.7 Å². The predicted octanol–water partition coefficient (Wildman–Crippen LogP) is 5.21. The summed E-state index contributed by atoms with van der Waals surface area (Å²) in [6.45, 7) is 1.56. The largest absolute Gasteiger partial charge is 0.481 e. The van der Waals surface area contributed by atoms with Crippen LogP contribution in [0.25, 0.3) is 11.1 Å². The molecule has 0 bridgehead atoms. The molecule has 1 aromatic heterocycles. The van der Waals surface area contributed by atoms with Crippen molar-refractivity contribution in [1.82, 2.24) is 10.9 Å². The normalized spacial score (nSPS) is 10.3.